The fourth-order valence-electron chi connectivity index (χ4n) is 2.31. The van der Waals surface area contributed by atoms with Gasteiger partial charge in [0.1, 0.15) is 17.1 Å². The van der Waals surface area contributed by atoms with Crippen molar-refractivity contribution in [3.63, 3.8) is 0 Å². The highest BCUT2D eigenvalue weighted by Gasteiger charge is 2.23. The van der Waals surface area contributed by atoms with Gasteiger partial charge in [-0.15, -0.1) is 0 Å². The summed E-state index contributed by atoms with van der Waals surface area (Å²) in [5, 5.41) is 2.84. The number of benzene rings is 2. The molecule has 0 fully saturated rings. The summed E-state index contributed by atoms with van der Waals surface area (Å²) in [6, 6.07) is 17.6. The minimum Gasteiger partial charge on any atom is -0.457 e. The summed E-state index contributed by atoms with van der Waals surface area (Å²) < 4.78 is 11.1. The molecule has 0 aliphatic rings. The van der Waals surface area contributed by atoms with Crippen LogP contribution in [0.5, 0.6) is 11.5 Å². The van der Waals surface area contributed by atoms with E-state index in [1.807, 2.05) is 75.4 Å². The molecule has 2 aromatic rings. The average molecular weight is 341 g/mol. The van der Waals surface area contributed by atoms with Gasteiger partial charge in [-0.05, 0) is 50.6 Å². The fraction of sp³-hybridized carbons (Fsp3) is 0.381. The van der Waals surface area contributed by atoms with E-state index in [2.05, 4.69) is 19.2 Å². The Kier molecular flexibility index (Phi) is 5.73. The Morgan fingerprint density at radius 2 is 1.44 bits per heavy atom. The summed E-state index contributed by atoms with van der Waals surface area (Å²) in [7, 11) is 0. The number of hydrogen-bond donors (Lipinski definition) is 1. The Hall–Kier alpha value is -2.49. The molecule has 4 heteroatoms. The van der Waals surface area contributed by atoms with E-state index in [0.29, 0.717) is 6.54 Å². The molecule has 0 aliphatic carbocycles. The van der Waals surface area contributed by atoms with Gasteiger partial charge in [0.15, 0.2) is 0 Å². The predicted molar refractivity (Wildman–Crippen MR) is 100 cm³/mol. The number of amides is 1. The van der Waals surface area contributed by atoms with Crippen LogP contribution in [0.15, 0.2) is 54.6 Å². The number of carbonyl (C=O) groups is 1. The topological polar surface area (TPSA) is 47.6 Å². The number of rotatable bonds is 5. The molecule has 0 heterocycles. The zero-order valence-corrected chi connectivity index (χ0v) is 15.6. The Labute approximate surface area is 150 Å². The van der Waals surface area contributed by atoms with Crippen LogP contribution in [-0.2, 0) is 10.2 Å². The highest BCUT2D eigenvalue weighted by atomic mass is 16.6. The first kappa shape index (κ1) is 18.8. The quantitative estimate of drug-likeness (QED) is 0.804. The second kappa shape index (κ2) is 7.60. The van der Waals surface area contributed by atoms with Crippen molar-refractivity contribution in [1.29, 1.82) is 0 Å². The molecule has 0 spiro atoms. The lowest BCUT2D eigenvalue weighted by molar-refractivity contribution is 0.0517. The molecule has 1 amide bonds. The van der Waals surface area contributed by atoms with Gasteiger partial charge in [0.05, 0.1) is 0 Å². The van der Waals surface area contributed by atoms with E-state index in [-0.39, 0.29) is 5.41 Å². The standard InChI is InChI=1S/C21H27NO3/c1-20(2,3)25-19(23)22-15-21(4,5)16-11-13-18(14-12-16)24-17-9-7-6-8-10-17/h6-14H,15H2,1-5H3,(H,22,23). The van der Waals surface area contributed by atoms with Crippen LogP contribution in [0.25, 0.3) is 0 Å². The van der Waals surface area contributed by atoms with Crippen LogP contribution in [0.2, 0.25) is 0 Å². The fourth-order valence-corrected chi connectivity index (χ4v) is 2.31. The predicted octanol–water partition coefficient (Wildman–Crippen LogP) is 5.28. The molecule has 25 heavy (non-hydrogen) atoms. The molecule has 0 saturated carbocycles. The van der Waals surface area contributed by atoms with Crippen LogP contribution in [0.4, 0.5) is 4.79 Å². The van der Waals surface area contributed by atoms with Gasteiger partial charge >= 0.3 is 6.09 Å². The zero-order chi connectivity index (χ0) is 18.5. The van der Waals surface area contributed by atoms with Crippen molar-refractivity contribution in [2.45, 2.75) is 45.6 Å². The molecule has 0 unspecified atom stereocenters. The van der Waals surface area contributed by atoms with Crippen molar-refractivity contribution in [2.75, 3.05) is 6.54 Å². The zero-order valence-electron chi connectivity index (χ0n) is 15.6. The normalized spacial score (nSPS) is 11.7. The smallest absolute Gasteiger partial charge is 0.407 e. The molecule has 0 aliphatic heterocycles. The monoisotopic (exact) mass is 341 g/mol. The Morgan fingerprint density at radius 1 is 0.880 bits per heavy atom. The van der Waals surface area contributed by atoms with E-state index < -0.39 is 11.7 Å². The minimum absolute atomic E-state index is 0.220. The molecule has 1 N–H and O–H groups in total. The van der Waals surface area contributed by atoms with Crippen molar-refractivity contribution in [1.82, 2.24) is 5.32 Å². The van der Waals surface area contributed by atoms with E-state index in [4.69, 9.17) is 9.47 Å². The minimum atomic E-state index is -0.495. The maximum absolute atomic E-state index is 11.8. The number of para-hydroxylation sites is 1. The summed E-state index contributed by atoms with van der Waals surface area (Å²) in [5.41, 5.74) is 0.399. The van der Waals surface area contributed by atoms with Gasteiger partial charge in [-0.3, -0.25) is 0 Å². The van der Waals surface area contributed by atoms with E-state index >= 15 is 0 Å². The van der Waals surface area contributed by atoms with Crippen LogP contribution in [0.1, 0.15) is 40.2 Å². The second-order valence-electron chi connectivity index (χ2n) is 7.68. The number of nitrogens with one attached hydrogen (secondary N) is 1. The van der Waals surface area contributed by atoms with Crippen molar-refractivity contribution < 1.29 is 14.3 Å². The third kappa shape index (κ3) is 6.14. The summed E-state index contributed by atoms with van der Waals surface area (Å²) in [6.45, 7) is 10.2. The van der Waals surface area contributed by atoms with Gasteiger partial charge < -0.3 is 14.8 Å². The van der Waals surface area contributed by atoms with Gasteiger partial charge in [0.25, 0.3) is 0 Å². The first-order valence-corrected chi connectivity index (χ1v) is 8.46. The molecular formula is C21H27NO3. The maximum atomic E-state index is 11.8. The number of hydrogen-bond acceptors (Lipinski definition) is 3. The highest BCUT2D eigenvalue weighted by molar-refractivity contribution is 5.67. The van der Waals surface area contributed by atoms with Gasteiger partial charge in [0, 0.05) is 12.0 Å². The molecule has 4 nitrogen and oxygen atoms in total. The van der Waals surface area contributed by atoms with E-state index in [1.165, 1.54) is 0 Å². The van der Waals surface area contributed by atoms with Crippen LogP contribution >= 0.6 is 0 Å². The lowest BCUT2D eigenvalue weighted by Gasteiger charge is -2.27. The van der Waals surface area contributed by atoms with Crippen molar-refractivity contribution in [3.8, 4) is 11.5 Å². The third-order valence-corrected chi connectivity index (χ3v) is 3.69. The molecule has 2 aromatic carbocycles. The Bertz CT molecular complexity index is 685. The molecule has 0 saturated heterocycles. The Balaban J connectivity index is 1.96. The molecule has 0 atom stereocenters. The SMILES string of the molecule is CC(C)(C)OC(=O)NCC(C)(C)c1ccc(Oc2ccccc2)cc1. The van der Waals surface area contributed by atoms with E-state index in [9.17, 15) is 4.79 Å². The van der Waals surface area contributed by atoms with Gasteiger partial charge in [-0.1, -0.05) is 44.2 Å². The van der Waals surface area contributed by atoms with Crippen LogP contribution < -0.4 is 10.1 Å². The second-order valence-corrected chi connectivity index (χ2v) is 7.68. The Morgan fingerprint density at radius 3 is 2.00 bits per heavy atom. The number of alkyl carbamates (subject to hydrolysis) is 1. The van der Waals surface area contributed by atoms with Crippen molar-refractivity contribution in [2.24, 2.45) is 0 Å². The molecule has 2 rings (SSSR count). The highest BCUT2D eigenvalue weighted by Crippen LogP contribution is 2.27. The van der Waals surface area contributed by atoms with Gasteiger partial charge in [-0.2, -0.15) is 0 Å². The van der Waals surface area contributed by atoms with E-state index in [1.54, 1.807) is 0 Å². The molecule has 0 bridgehead atoms. The van der Waals surface area contributed by atoms with Gasteiger partial charge in [-0.25, -0.2) is 4.79 Å². The third-order valence-electron chi connectivity index (χ3n) is 3.69. The largest absolute Gasteiger partial charge is 0.457 e. The number of ether oxygens (including phenoxy) is 2. The average Bonchev–Trinajstić information content (AvgIpc) is 2.53. The summed E-state index contributed by atoms with van der Waals surface area (Å²) in [6.07, 6.45) is -0.399. The van der Waals surface area contributed by atoms with Crippen molar-refractivity contribution in [3.05, 3.63) is 60.2 Å². The molecule has 0 aromatic heterocycles. The van der Waals surface area contributed by atoms with Crippen LogP contribution in [0.3, 0.4) is 0 Å². The number of carbonyl (C=O) groups excluding carboxylic acids is 1. The molecule has 134 valence electrons. The first-order chi connectivity index (χ1) is 11.7. The van der Waals surface area contributed by atoms with E-state index in [0.717, 1.165) is 17.1 Å². The molecule has 0 radical (unpaired) electrons. The summed E-state index contributed by atoms with van der Waals surface area (Å²) in [5.74, 6) is 1.59. The summed E-state index contributed by atoms with van der Waals surface area (Å²) in [4.78, 5) is 11.8. The van der Waals surface area contributed by atoms with Crippen molar-refractivity contribution >= 4 is 6.09 Å². The van der Waals surface area contributed by atoms with Gasteiger partial charge in [0.2, 0.25) is 0 Å². The molecular weight excluding hydrogens is 314 g/mol. The van der Waals surface area contributed by atoms with Crippen LogP contribution in [0, 0.1) is 0 Å². The lowest BCUT2D eigenvalue weighted by Crippen LogP contribution is -2.39. The first-order valence-electron chi connectivity index (χ1n) is 8.46. The van der Waals surface area contributed by atoms with Crippen LogP contribution in [-0.4, -0.2) is 18.2 Å². The maximum Gasteiger partial charge on any atom is 0.407 e. The lowest BCUT2D eigenvalue weighted by atomic mass is 9.84. The summed E-state index contributed by atoms with van der Waals surface area (Å²) >= 11 is 0.